The third kappa shape index (κ3) is 1.94. The number of rotatable bonds is 0. The summed E-state index contributed by atoms with van der Waals surface area (Å²) in [6.07, 6.45) is 8.28. The molecule has 1 heteroatoms. The fraction of sp³-hybridized carbons (Fsp3) is 0.500. The molecule has 1 nitrogen and oxygen atoms in total. The number of hydrogen-bond acceptors (Lipinski definition) is 1. The summed E-state index contributed by atoms with van der Waals surface area (Å²) in [5.41, 5.74) is 0.902. The van der Waals surface area contributed by atoms with Crippen LogP contribution in [0.15, 0.2) is 11.6 Å². The molecule has 0 radical (unpaired) electrons. The van der Waals surface area contributed by atoms with Gasteiger partial charge in [-0.1, -0.05) is 19.8 Å². The van der Waals surface area contributed by atoms with Crippen molar-refractivity contribution in [3.8, 4) is 12.3 Å². The van der Waals surface area contributed by atoms with Crippen LogP contribution in [0.1, 0.15) is 26.7 Å². The molecule has 0 fully saturated rings. The van der Waals surface area contributed by atoms with Crippen molar-refractivity contribution in [2.45, 2.75) is 26.7 Å². The molecule has 11 heavy (non-hydrogen) atoms. The fourth-order valence-electron chi connectivity index (χ4n) is 1.44. The van der Waals surface area contributed by atoms with Gasteiger partial charge in [-0.05, 0) is 17.9 Å². The number of carbonyl (C=O) groups excluding carboxylic acids is 1. The van der Waals surface area contributed by atoms with E-state index >= 15 is 0 Å². The minimum absolute atomic E-state index is 0.0630. The summed E-state index contributed by atoms with van der Waals surface area (Å²) in [6, 6.07) is 0. The fourth-order valence-corrected chi connectivity index (χ4v) is 1.44. The first-order valence-electron chi connectivity index (χ1n) is 3.73. The summed E-state index contributed by atoms with van der Waals surface area (Å²) in [5, 5.41) is 0. The Kier molecular flexibility index (Phi) is 1.87. The van der Waals surface area contributed by atoms with E-state index in [9.17, 15) is 4.79 Å². The summed E-state index contributed by atoms with van der Waals surface area (Å²) in [7, 11) is 0. The maximum absolute atomic E-state index is 11.1. The van der Waals surface area contributed by atoms with Gasteiger partial charge in [0.1, 0.15) is 0 Å². The van der Waals surface area contributed by atoms with Crippen molar-refractivity contribution in [3.05, 3.63) is 11.6 Å². The Morgan fingerprint density at radius 2 is 2.18 bits per heavy atom. The van der Waals surface area contributed by atoms with Crippen LogP contribution in [0.5, 0.6) is 0 Å². The van der Waals surface area contributed by atoms with Gasteiger partial charge >= 0.3 is 0 Å². The highest BCUT2D eigenvalue weighted by molar-refractivity contribution is 5.92. The summed E-state index contributed by atoms with van der Waals surface area (Å²) in [5.74, 6) is 2.69. The average molecular weight is 148 g/mol. The lowest BCUT2D eigenvalue weighted by atomic mass is 9.77. The van der Waals surface area contributed by atoms with Crippen molar-refractivity contribution in [2.75, 3.05) is 0 Å². The van der Waals surface area contributed by atoms with Gasteiger partial charge in [0.2, 0.25) is 0 Å². The summed E-state index contributed by atoms with van der Waals surface area (Å²) in [4.78, 5) is 11.1. The van der Waals surface area contributed by atoms with Crippen LogP contribution in [0.2, 0.25) is 0 Å². The lowest BCUT2D eigenvalue weighted by molar-refractivity contribution is -0.116. The predicted molar refractivity (Wildman–Crippen MR) is 44.9 cm³/mol. The summed E-state index contributed by atoms with van der Waals surface area (Å²) in [6.45, 7) is 4.13. The van der Waals surface area contributed by atoms with E-state index in [-0.39, 0.29) is 11.2 Å². The van der Waals surface area contributed by atoms with Crippen LogP contribution in [0.3, 0.4) is 0 Å². The highest BCUT2D eigenvalue weighted by Gasteiger charge is 2.26. The first kappa shape index (κ1) is 8.07. The molecule has 1 rings (SSSR count). The third-order valence-electron chi connectivity index (χ3n) is 1.84. The molecule has 0 spiro atoms. The zero-order valence-corrected chi connectivity index (χ0v) is 6.98. The van der Waals surface area contributed by atoms with Crippen molar-refractivity contribution >= 4 is 5.78 Å². The lowest BCUT2D eigenvalue weighted by Crippen LogP contribution is -2.21. The van der Waals surface area contributed by atoms with Crippen LogP contribution in [0, 0.1) is 17.8 Å². The molecule has 0 saturated heterocycles. The molecule has 0 heterocycles. The zero-order chi connectivity index (χ0) is 8.48. The Hall–Kier alpha value is -1.03. The number of carbonyl (C=O) groups is 1. The monoisotopic (exact) mass is 148 g/mol. The van der Waals surface area contributed by atoms with Gasteiger partial charge in [0.05, 0.1) is 0 Å². The number of ketones is 1. The molecule has 0 atom stereocenters. The first-order valence-corrected chi connectivity index (χ1v) is 3.73. The molecule has 0 amide bonds. The number of hydrogen-bond donors (Lipinski definition) is 0. The Morgan fingerprint density at radius 1 is 1.55 bits per heavy atom. The third-order valence-corrected chi connectivity index (χ3v) is 1.84. The second kappa shape index (κ2) is 2.54. The highest BCUT2D eigenvalue weighted by atomic mass is 16.1. The quantitative estimate of drug-likeness (QED) is 0.480. The molecule has 0 saturated carbocycles. The maximum atomic E-state index is 11.1. The van der Waals surface area contributed by atoms with Crippen molar-refractivity contribution < 1.29 is 4.79 Å². The summed E-state index contributed by atoms with van der Waals surface area (Å²) >= 11 is 0. The van der Waals surface area contributed by atoms with E-state index in [1.165, 1.54) is 0 Å². The topological polar surface area (TPSA) is 17.1 Å². The molecular weight excluding hydrogens is 136 g/mol. The van der Waals surface area contributed by atoms with Crippen LogP contribution in [0.4, 0.5) is 0 Å². The van der Waals surface area contributed by atoms with Crippen molar-refractivity contribution in [1.82, 2.24) is 0 Å². The molecule has 1 aliphatic rings. The van der Waals surface area contributed by atoms with Gasteiger partial charge in [0.25, 0.3) is 0 Å². The van der Waals surface area contributed by atoms with E-state index in [2.05, 4.69) is 19.8 Å². The molecule has 0 aromatic carbocycles. The highest BCUT2D eigenvalue weighted by Crippen LogP contribution is 2.32. The van der Waals surface area contributed by atoms with Crippen LogP contribution >= 0.6 is 0 Å². The molecule has 0 aromatic rings. The first-order chi connectivity index (χ1) is 5.03. The smallest absolute Gasteiger partial charge is 0.157 e. The molecule has 0 N–H and O–H groups in total. The SMILES string of the molecule is C#CC1=CC(=O)CC(C)(C)C1. The van der Waals surface area contributed by atoms with Crippen molar-refractivity contribution in [2.24, 2.45) is 5.41 Å². The second-order valence-corrected chi connectivity index (χ2v) is 3.80. The Bertz CT molecular complexity index is 251. The normalized spacial score (nSPS) is 22.3. The number of terminal acetylenes is 1. The van der Waals surface area contributed by atoms with Crippen LogP contribution < -0.4 is 0 Å². The van der Waals surface area contributed by atoms with Gasteiger partial charge in [-0.2, -0.15) is 0 Å². The minimum Gasteiger partial charge on any atom is -0.295 e. The molecule has 1 aliphatic carbocycles. The van der Waals surface area contributed by atoms with Crippen molar-refractivity contribution in [3.63, 3.8) is 0 Å². The van der Waals surface area contributed by atoms with Gasteiger partial charge < -0.3 is 0 Å². The Labute approximate surface area is 67.5 Å². The standard InChI is InChI=1S/C10H12O/c1-4-8-5-9(11)7-10(2,3)6-8/h1,5H,6-7H2,2-3H3. The lowest BCUT2D eigenvalue weighted by Gasteiger charge is -2.26. The molecular formula is C10H12O. The number of allylic oxidation sites excluding steroid dienone is 2. The van der Waals surface area contributed by atoms with Crippen LogP contribution in [0.25, 0.3) is 0 Å². The maximum Gasteiger partial charge on any atom is 0.157 e. The van der Waals surface area contributed by atoms with E-state index in [0.29, 0.717) is 6.42 Å². The van der Waals surface area contributed by atoms with Crippen molar-refractivity contribution in [1.29, 1.82) is 0 Å². The Balaban J connectivity index is 2.89. The van der Waals surface area contributed by atoms with Crippen LogP contribution in [-0.4, -0.2) is 5.78 Å². The van der Waals surface area contributed by atoms with Gasteiger partial charge in [0.15, 0.2) is 5.78 Å². The van der Waals surface area contributed by atoms with E-state index in [1.807, 2.05) is 0 Å². The van der Waals surface area contributed by atoms with E-state index in [0.717, 1.165) is 12.0 Å². The van der Waals surface area contributed by atoms with E-state index in [1.54, 1.807) is 6.08 Å². The average Bonchev–Trinajstić information content (AvgIpc) is 1.83. The predicted octanol–water partition coefficient (Wildman–Crippen LogP) is 1.94. The zero-order valence-electron chi connectivity index (χ0n) is 6.98. The largest absolute Gasteiger partial charge is 0.295 e. The molecule has 0 aliphatic heterocycles. The van der Waals surface area contributed by atoms with Crippen LogP contribution in [-0.2, 0) is 4.79 Å². The minimum atomic E-state index is 0.0630. The summed E-state index contributed by atoms with van der Waals surface area (Å²) < 4.78 is 0. The molecule has 58 valence electrons. The van der Waals surface area contributed by atoms with E-state index in [4.69, 9.17) is 6.42 Å². The van der Waals surface area contributed by atoms with Gasteiger partial charge in [-0.3, -0.25) is 4.79 Å². The van der Waals surface area contributed by atoms with Gasteiger partial charge in [-0.15, -0.1) is 6.42 Å². The molecule has 0 unspecified atom stereocenters. The second-order valence-electron chi connectivity index (χ2n) is 3.80. The molecule has 0 bridgehead atoms. The van der Waals surface area contributed by atoms with E-state index < -0.39 is 0 Å². The molecule has 0 aromatic heterocycles. The Morgan fingerprint density at radius 3 is 2.64 bits per heavy atom. The van der Waals surface area contributed by atoms with Gasteiger partial charge in [-0.25, -0.2) is 0 Å². The van der Waals surface area contributed by atoms with Gasteiger partial charge in [0, 0.05) is 12.0 Å².